The van der Waals surface area contributed by atoms with Gasteiger partial charge in [0, 0.05) is 15.6 Å². The fraction of sp³-hybridized carbons (Fsp3) is 0.0800. The van der Waals surface area contributed by atoms with Crippen LogP contribution in [0.15, 0.2) is 88.5 Å². The first-order valence-electron chi connectivity index (χ1n) is 10.3. The van der Waals surface area contributed by atoms with E-state index in [1.165, 1.54) is 27.7 Å². The van der Waals surface area contributed by atoms with Crippen LogP contribution in [-0.2, 0) is 13.1 Å². The van der Waals surface area contributed by atoms with Crippen molar-refractivity contribution in [3.63, 3.8) is 0 Å². The van der Waals surface area contributed by atoms with Crippen molar-refractivity contribution in [2.45, 2.75) is 13.1 Å². The van der Waals surface area contributed by atoms with Crippen molar-refractivity contribution in [1.29, 1.82) is 0 Å². The van der Waals surface area contributed by atoms with Crippen LogP contribution in [0, 0.1) is 0 Å². The van der Waals surface area contributed by atoms with E-state index in [2.05, 4.69) is 4.98 Å². The smallest absolute Gasteiger partial charge is 0.330 e. The van der Waals surface area contributed by atoms with Crippen LogP contribution in [0.2, 0.25) is 10.0 Å². The molecule has 7 nitrogen and oxygen atoms in total. The highest BCUT2D eigenvalue weighted by atomic mass is 35.5. The van der Waals surface area contributed by atoms with E-state index in [0.29, 0.717) is 0 Å². The third-order valence-electron chi connectivity index (χ3n) is 5.21. The van der Waals surface area contributed by atoms with Gasteiger partial charge in [0.15, 0.2) is 5.69 Å². The Morgan fingerprint density at radius 1 is 0.882 bits per heavy atom. The lowest BCUT2D eigenvalue weighted by molar-refractivity contribution is 0.0984. The Balaban J connectivity index is 1.87. The lowest BCUT2D eigenvalue weighted by atomic mass is 10.1. The maximum atomic E-state index is 13.6. The number of hydrogen-bond donors (Lipinski definition) is 2. The molecule has 0 unspecified atom stereocenters. The summed E-state index contributed by atoms with van der Waals surface area (Å²) in [7, 11) is 0. The molecule has 3 N–H and O–H groups in total. The molecule has 0 aliphatic rings. The van der Waals surface area contributed by atoms with Crippen LogP contribution in [0.5, 0.6) is 0 Å². The van der Waals surface area contributed by atoms with E-state index < -0.39 is 17.2 Å². The summed E-state index contributed by atoms with van der Waals surface area (Å²) in [6.45, 7) is 0.145. The predicted molar refractivity (Wildman–Crippen MR) is 135 cm³/mol. The Bertz CT molecular complexity index is 1430. The number of carbonyl (C=O) groups is 1. The molecular formula is C25H20Cl2N4O3. The molecule has 0 radical (unpaired) electrons. The van der Waals surface area contributed by atoms with Gasteiger partial charge < -0.3 is 5.73 Å². The molecule has 1 heterocycles. The van der Waals surface area contributed by atoms with Crippen LogP contribution in [0.1, 0.15) is 21.5 Å². The first-order valence-corrected chi connectivity index (χ1v) is 11.1. The van der Waals surface area contributed by atoms with Crippen molar-refractivity contribution in [2.75, 3.05) is 10.6 Å². The third-order valence-corrected chi connectivity index (χ3v) is 5.64. The number of hydrogen-bond acceptors (Lipinski definition) is 4. The number of nitrogens with one attached hydrogen (secondary N) is 1. The van der Waals surface area contributed by atoms with E-state index in [4.69, 9.17) is 28.9 Å². The minimum atomic E-state index is -0.774. The number of aromatic nitrogens is 2. The average Bonchev–Trinajstić information content (AvgIpc) is 2.81. The molecule has 0 spiro atoms. The lowest BCUT2D eigenvalue weighted by Crippen LogP contribution is -2.41. The quantitative estimate of drug-likeness (QED) is 0.416. The number of nitrogens with two attached hydrogens (primary N) is 1. The fourth-order valence-electron chi connectivity index (χ4n) is 3.61. The van der Waals surface area contributed by atoms with Crippen LogP contribution < -0.4 is 21.9 Å². The maximum Gasteiger partial charge on any atom is 0.330 e. The van der Waals surface area contributed by atoms with Crippen molar-refractivity contribution in [3.05, 3.63) is 126 Å². The number of benzene rings is 3. The summed E-state index contributed by atoms with van der Waals surface area (Å²) in [4.78, 5) is 42.7. The molecule has 0 fully saturated rings. The highest BCUT2D eigenvalue weighted by Crippen LogP contribution is 2.25. The molecule has 0 saturated heterocycles. The van der Waals surface area contributed by atoms with Gasteiger partial charge >= 0.3 is 5.69 Å². The standard InChI is InChI=1S/C25H20Cl2N4O3/c26-19-11-18(12-20(27)13-19)24(33)30(14-16-7-3-1-4-8-16)21-22(28)31(25(34)29-23(21)32)15-17-9-5-2-6-10-17/h1-13H,14-15,28H2,(H,29,32,34). The van der Waals surface area contributed by atoms with Crippen molar-refractivity contribution in [2.24, 2.45) is 0 Å². The minimum absolute atomic E-state index is 0.0284. The normalized spacial score (nSPS) is 10.8. The van der Waals surface area contributed by atoms with Crippen molar-refractivity contribution < 1.29 is 4.79 Å². The summed E-state index contributed by atoms with van der Waals surface area (Å²) >= 11 is 12.2. The molecule has 172 valence electrons. The number of nitrogens with zero attached hydrogens (tertiary/aromatic N) is 2. The van der Waals surface area contributed by atoms with E-state index in [9.17, 15) is 14.4 Å². The zero-order valence-electron chi connectivity index (χ0n) is 17.9. The molecule has 0 aliphatic carbocycles. The van der Waals surface area contributed by atoms with Gasteiger partial charge in [0.1, 0.15) is 5.82 Å². The van der Waals surface area contributed by atoms with Gasteiger partial charge in [-0.3, -0.25) is 24.0 Å². The van der Waals surface area contributed by atoms with Crippen molar-refractivity contribution in [1.82, 2.24) is 9.55 Å². The number of nitrogen functional groups attached to an aromatic ring is 1. The van der Waals surface area contributed by atoms with Gasteiger partial charge in [-0.15, -0.1) is 0 Å². The molecule has 3 aromatic carbocycles. The first kappa shape index (κ1) is 23.4. The molecule has 9 heteroatoms. The van der Waals surface area contributed by atoms with Crippen LogP contribution in [0.3, 0.4) is 0 Å². The minimum Gasteiger partial charge on any atom is -0.383 e. The molecule has 34 heavy (non-hydrogen) atoms. The van der Waals surface area contributed by atoms with Gasteiger partial charge in [0.2, 0.25) is 0 Å². The predicted octanol–water partition coefficient (Wildman–Crippen LogP) is 4.32. The van der Waals surface area contributed by atoms with E-state index in [1.54, 1.807) is 0 Å². The Labute approximate surface area is 205 Å². The van der Waals surface area contributed by atoms with Crippen molar-refractivity contribution >= 4 is 40.6 Å². The van der Waals surface area contributed by atoms with Gasteiger partial charge in [0.25, 0.3) is 11.5 Å². The van der Waals surface area contributed by atoms with Gasteiger partial charge in [-0.05, 0) is 29.3 Å². The fourth-order valence-corrected chi connectivity index (χ4v) is 4.14. The van der Waals surface area contributed by atoms with Crippen LogP contribution >= 0.6 is 23.2 Å². The Morgan fingerprint density at radius 2 is 1.44 bits per heavy atom. The zero-order chi connectivity index (χ0) is 24.2. The largest absolute Gasteiger partial charge is 0.383 e. The summed E-state index contributed by atoms with van der Waals surface area (Å²) < 4.78 is 1.22. The number of rotatable bonds is 6. The van der Waals surface area contributed by atoms with E-state index in [0.717, 1.165) is 11.1 Å². The summed E-state index contributed by atoms with van der Waals surface area (Å²) in [5.74, 6) is -0.676. The van der Waals surface area contributed by atoms with Crippen molar-refractivity contribution in [3.8, 4) is 0 Å². The molecular weight excluding hydrogens is 475 g/mol. The van der Waals surface area contributed by atoms with Gasteiger partial charge in [-0.2, -0.15) is 0 Å². The van der Waals surface area contributed by atoms with Gasteiger partial charge in [-0.1, -0.05) is 83.9 Å². The third kappa shape index (κ3) is 5.06. The molecule has 4 rings (SSSR count). The van der Waals surface area contributed by atoms with E-state index in [-0.39, 0.29) is 40.2 Å². The maximum absolute atomic E-state index is 13.6. The Hall–Kier alpha value is -3.81. The molecule has 1 aromatic heterocycles. The first-order chi connectivity index (χ1) is 16.3. The van der Waals surface area contributed by atoms with E-state index in [1.807, 2.05) is 60.7 Å². The molecule has 4 aromatic rings. The zero-order valence-corrected chi connectivity index (χ0v) is 19.4. The Kier molecular flexibility index (Phi) is 6.86. The molecule has 0 bridgehead atoms. The summed E-state index contributed by atoms with van der Waals surface area (Å²) in [5.41, 5.74) is 6.50. The monoisotopic (exact) mass is 494 g/mol. The number of aromatic amines is 1. The number of amides is 1. The molecule has 0 atom stereocenters. The summed E-state index contributed by atoms with van der Waals surface area (Å²) in [6.07, 6.45) is 0. The van der Waals surface area contributed by atoms with Crippen LogP contribution in [0.4, 0.5) is 11.5 Å². The summed E-state index contributed by atoms with van der Waals surface area (Å²) in [5, 5.41) is 0.540. The number of halogens is 2. The second-order valence-electron chi connectivity index (χ2n) is 7.60. The number of carbonyl (C=O) groups excluding carboxylic acids is 1. The molecule has 0 saturated carbocycles. The van der Waals surface area contributed by atoms with Gasteiger partial charge in [0.05, 0.1) is 13.1 Å². The number of H-pyrrole nitrogens is 1. The van der Waals surface area contributed by atoms with E-state index >= 15 is 0 Å². The van der Waals surface area contributed by atoms with Crippen LogP contribution in [0.25, 0.3) is 0 Å². The Morgan fingerprint density at radius 3 is 2.03 bits per heavy atom. The molecule has 0 aliphatic heterocycles. The molecule has 1 amide bonds. The van der Waals surface area contributed by atoms with Gasteiger partial charge in [-0.25, -0.2) is 4.79 Å². The average molecular weight is 495 g/mol. The highest BCUT2D eigenvalue weighted by molar-refractivity contribution is 6.35. The second-order valence-corrected chi connectivity index (χ2v) is 8.47. The second kappa shape index (κ2) is 9.99. The lowest BCUT2D eigenvalue weighted by Gasteiger charge is -2.25. The SMILES string of the molecule is Nc1c(N(Cc2ccccc2)C(=O)c2cc(Cl)cc(Cl)c2)c(=O)[nH]c(=O)n1Cc1ccccc1. The van der Waals surface area contributed by atoms with Crippen LogP contribution in [-0.4, -0.2) is 15.5 Å². The topological polar surface area (TPSA) is 101 Å². The highest BCUT2D eigenvalue weighted by Gasteiger charge is 2.26. The number of anilines is 2. The summed E-state index contributed by atoms with van der Waals surface area (Å²) in [6, 6.07) is 22.7.